The summed E-state index contributed by atoms with van der Waals surface area (Å²) in [5.74, 6) is -0.424. The maximum Gasteiger partial charge on any atom is 0.262 e. The number of nitrogens with one attached hydrogen (secondary N) is 1. The van der Waals surface area contributed by atoms with E-state index in [1.807, 2.05) is 13.8 Å². The van der Waals surface area contributed by atoms with Gasteiger partial charge in [0.2, 0.25) is 5.91 Å². The van der Waals surface area contributed by atoms with Gasteiger partial charge < -0.3 is 5.32 Å². The molecule has 0 unspecified atom stereocenters. The van der Waals surface area contributed by atoms with Gasteiger partial charge in [0.1, 0.15) is 16.9 Å². The third-order valence-corrected chi connectivity index (χ3v) is 4.37. The zero-order valence-corrected chi connectivity index (χ0v) is 12.9. The number of thiophene rings is 1. The van der Waals surface area contributed by atoms with Gasteiger partial charge in [0.05, 0.1) is 17.8 Å². The van der Waals surface area contributed by atoms with E-state index in [2.05, 4.69) is 16.4 Å². The molecule has 110 valence electrons. The van der Waals surface area contributed by atoms with Gasteiger partial charge >= 0.3 is 0 Å². The SMILES string of the molecule is CC(C)[C@@](C)(C#N)NC(=O)Cn1cnc2sccc2c1=O. The average Bonchev–Trinajstić information content (AvgIpc) is 2.90. The number of amides is 1. The van der Waals surface area contributed by atoms with Crippen LogP contribution in [-0.2, 0) is 11.3 Å². The molecule has 6 nitrogen and oxygen atoms in total. The molecule has 2 rings (SSSR count). The summed E-state index contributed by atoms with van der Waals surface area (Å²) in [6.07, 6.45) is 1.36. The quantitative estimate of drug-likeness (QED) is 0.927. The first-order valence-electron chi connectivity index (χ1n) is 6.52. The molecule has 0 saturated carbocycles. The number of nitrogens with zero attached hydrogens (tertiary/aromatic N) is 3. The zero-order chi connectivity index (χ0) is 15.6. The third-order valence-electron chi connectivity index (χ3n) is 3.55. The highest BCUT2D eigenvalue weighted by atomic mass is 32.1. The van der Waals surface area contributed by atoms with Crippen LogP contribution in [-0.4, -0.2) is 21.0 Å². The fourth-order valence-electron chi connectivity index (χ4n) is 1.79. The average molecular weight is 304 g/mol. The van der Waals surface area contributed by atoms with Crippen molar-refractivity contribution in [1.82, 2.24) is 14.9 Å². The third kappa shape index (κ3) is 2.95. The van der Waals surface area contributed by atoms with Gasteiger partial charge in [-0.25, -0.2) is 4.98 Å². The second-order valence-corrected chi connectivity index (χ2v) is 6.23. The van der Waals surface area contributed by atoms with Crippen molar-refractivity contribution in [2.45, 2.75) is 32.9 Å². The largest absolute Gasteiger partial charge is 0.336 e. The molecule has 0 aliphatic rings. The summed E-state index contributed by atoms with van der Waals surface area (Å²) in [5, 5.41) is 14.2. The van der Waals surface area contributed by atoms with Gasteiger partial charge in [-0.05, 0) is 24.3 Å². The molecule has 2 heterocycles. The predicted octanol–water partition coefficient (Wildman–Crippen LogP) is 1.51. The van der Waals surface area contributed by atoms with Crippen molar-refractivity contribution in [2.24, 2.45) is 5.92 Å². The Morgan fingerprint density at radius 1 is 1.62 bits per heavy atom. The minimum Gasteiger partial charge on any atom is -0.336 e. The molecule has 1 amide bonds. The van der Waals surface area contributed by atoms with E-state index in [1.165, 1.54) is 22.2 Å². The van der Waals surface area contributed by atoms with Crippen LogP contribution in [0, 0.1) is 17.2 Å². The summed E-state index contributed by atoms with van der Waals surface area (Å²) in [6.45, 7) is 5.23. The summed E-state index contributed by atoms with van der Waals surface area (Å²) in [5.41, 5.74) is -1.21. The van der Waals surface area contributed by atoms with Crippen molar-refractivity contribution in [3.63, 3.8) is 0 Å². The number of rotatable bonds is 4. The van der Waals surface area contributed by atoms with Crippen molar-refractivity contribution < 1.29 is 4.79 Å². The molecule has 0 spiro atoms. The normalized spacial score (nSPS) is 13.9. The monoisotopic (exact) mass is 304 g/mol. The Morgan fingerprint density at radius 3 is 2.95 bits per heavy atom. The molecule has 0 saturated heterocycles. The lowest BCUT2D eigenvalue weighted by atomic mass is 9.90. The van der Waals surface area contributed by atoms with Gasteiger partial charge in [0.15, 0.2) is 0 Å². The van der Waals surface area contributed by atoms with E-state index < -0.39 is 5.54 Å². The fourth-order valence-corrected chi connectivity index (χ4v) is 2.51. The number of fused-ring (bicyclic) bond motifs is 1. The van der Waals surface area contributed by atoms with Crippen LogP contribution < -0.4 is 10.9 Å². The Kier molecular flexibility index (Phi) is 4.09. The highest BCUT2D eigenvalue weighted by Crippen LogP contribution is 2.15. The maximum absolute atomic E-state index is 12.2. The molecule has 1 N–H and O–H groups in total. The molecule has 0 aliphatic carbocycles. The Balaban J connectivity index is 2.21. The van der Waals surface area contributed by atoms with E-state index in [4.69, 9.17) is 0 Å². The molecule has 2 aromatic heterocycles. The Morgan fingerprint density at radius 2 is 2.33 bits per heavy atom. The van der Waals surface area contributed by atoms with E-state index in [0.29, 0.717) is 10.2 Å². The Hall–Kier alpha value is -2.20. The first kappa shape index (κ1) is 15.2. The van der Waals surface area contributed by atoms with E-state index in [-0.39, 0.29) is 23.9 Å². The minimum absolute atomic E-state index is 0.0411. The Labute approximate surface area is 126 Å². The summed E-state index contributed by atoms with van der Waals surface area (Å²) in [7, 11) is 0. The standard InChI is InChI=1S/C14H16N4O2S/c1-9(2)14(3,7-15)17-11(19)6-18-8-16-12-10(13(18)20)4-5-21-12/h4-5,8-9H,6H2,1-3H3,(H,17,19)/t14-/m1/s1. The van der Waals surface area contributed by atoms with Crippen molar-refractivity contribution in [3.8, 4) is 6.07 Å². The van der Waals surface area contributed by atoms with Crippen LogP contribution in [0.4, 0.5) is 0 Å². The van der Waals surface area contributed by atoms with E-state index in [1.54, 1.807) is 18.4 Å². The zero-order valence-electron chi connectivity index (χ0n) is 12.1. The van der Waals surface area contributed by atoms with Gasteiger partial charge in [-0.3, -0.25) is 14.2 Å². The van der Waals surface area contributed by atoms with Crippen molar-refractivity contribution >= 4 is 27.5 Å². The molecule has 1 atom stereocenters. The summed E-state index contributed by atoms with van der Waals surface area (Å²) >= 11 is 1.38. The van der Waals surface area contributed by atoms with Crippen molar-refractivity contribution in [3.05, 3.63) is 28.1 Å². The van der Waals surface area contributed by atoms with Crippen LogP contribution >= 0.6 is 11.3 Å². The van der Waals surface area contributed by atoms with E-state index in [9.17, 15) is 14.9 Å². The molecular formula is C14H16N4O2S. The highest BCUT2D eigenvalue weighted by Gasteiger charge is 2.30. The lowest BCUT2D eigenvalue weighted by Gasteiger charge is -2.27. The van der Waals surface area contributed by atoms with Gasteiger partial charge in [-0.15, -0.1) is 11.3 Å². The molecule has 0 fully saturated rings. The topological polar surface area (TPSA) is 87.8 Å². The lowest BCUT2D eigenvalue weighted by Crippen LogP contribution is -2.50. The highest BCUT2D eigenvalue weighted by molar-refractivity contribution is 7.16. The van der Waals surface area contributed by atoms with Crippen LogP contribution in [0.2, 0.25) is 0 Å². The molecule has 0 aromatic carbocycles. The van der Waals surface area contributed by atoms with Crippen LogP contribution in [0.1, 0.15) is 20.8 Å². The molecule has 0 aliphatic heterocycles. The minimum atomic E-state index is -0.958. The molecule has 0 bridgehead atoms. The number of hydrogen-bond donors (Lipinski definition) is 1. The van der Waals surface area contributed by atoms with Crippen molar-refractivity contribution in [2.75, 3.05) is 0 Å². The van der Waals surface area contributed by atoms with Crippen LogP contribution in [0.5, 0.6) is 0 Å². The Bertz CT molecular complexity index is 771. The van der Waals surface area contributed by atoms with Gasteiger partial charge in [-0.1, -0.05) is 13.8 Å². The first-order valence-corrected chi connectivity index (χ1v) is 7.40. The second kappa shape index (κ2) is 5.66. The van der Waals surface area contributed by atoms with Crippen LogP contribution in [0.15, 0.2) is 22.6 Å². The summed E-state index contributed by atoms with van der Waals surface area (Å²) in [4.78, 5) is 29.0. The lowest BCUT2D eigenvalue weighted by molar-refractivity contribution is -0.123. The maximum atomic E-state index is 12.2. The molecule has 21 heavy (non-hydrogen) atoms. The number of nitriles is 1. The van der Waals surface area contributed by atoms with E-state index in [0.717, 1.165) is 0 Å². The number of aromatic nitrogens is 2. The van der Waals surface area contributed by atoms with Crippen LogP contribution in [0.3, 0.4) is 0 Å². The van der Waals surface area contributed by atoms with Gasteiger partial charge in [-0.2, -0.15) is 5.26 Å². The smallest absolute Gasteiger partial charge is 0.262 e. The van der Waals surface area contributed by atoms with Crippen molar-refractivity contribution in [1.29, 1.82) is 5.26 Å². The van der Waals surface area contributed by atoms with E-state index >= 15 is 0 Å². The molecular weight excluding hydrogens is 288 g/mol. The number of carbonyl (C=O) groups is 1. The second-order valence-electron chi connectivity index (χ2n) is 5.33. The molecule has 7 heteroatoms. The number of carbonyl (C=O) groups excluding carboxylic acids is 1. The summed E-state index contributed by atoms with van der Waals surface area (Å²) < 4.78 is 1.25. The van der Waals surface area contributed by atoms with Gasteiger partial charge in [0.25, 0.3) is 5.56 Å². The number of hydrogen-bond acceptors (Lipinski definition) is 5. The summed E-state index contributed by atoms with van der Waals surface area (Å²) in [6, 6.07) is 3.79. The van der Waals surface area contributed by atoms with Crippen LogP contribution in [0.25, 0.3) is 10.2 Å². The van der Waals surface area contributed by atoms with Gasteiger partial charge in [0, 0.05) is 0 Å². The first-order chi connectivity index (χ1) is 9.87. The predicted molar refractivity (Wildman–Crippen MR) is 80.9 cm³/mol. The molecule has 2 aromatic rings. The fraction of sp³-hybridized carbons (Fsp3) is 0.429. The molecule has 0 radical (unpaired) electrons.